The van der Waals surface area contributed by atoms with Gasteiger partial charge in [-0.05, 0) is 25.0 Å². The van der Waals surface area contributed by atoms with E-state index in [1.54, 1.807) is 6.20 Å². The number of hydrogen-bond donors (Lipinski definition) is 2. The zero-order valence-electron chi connectivity index (χ0n) is 9.31. The minimum atomic E-state index is -0.00213. The van der Waals surface area contributed by atoms with Gasteiger partial charge in [0.15, 0.2) is 0 Å². The van der Waals surface area contributed by atoms with Gasteiger partial charge in [-0.1, -0.05) is 18.2 Å². The van der Waals surface area contributed by atoms with E-state index in [9.17, 15) is 4.79 Å². The molecule has 0 spiro atoms. The lowest BCUT2D eigenvalue weighted by Crippen LogP contribution is -2.25. The predicted octanol–water partition coefficient (Wildman–Crippen LogP) is 1.97. The van der Waals surface area contributed by atoms with Gasteiger partial charge in [0.05, 0.1) is 5.69 Å². The van der Waals surface area contributed by atoms with E-state index < -0.39 is 0 Å². The summed E-state index contributed by atoms with van der Waals surface area (Å²) in [5, 5.41) is 9.80. The van der Waals surface area contributed by atoms with Crippen LogP contribution in [0.2, 0.25) is 0 Å². The maximum absolute atomic E-state index is 12.1. The molecule has 1 fully saturated rings. The molecule has 1 aromatic heterocycles. The highest BCUT2D eigenvalue weighted by molar-refractivity contribution is 6.00. The number of amides is 1. The first-order valence-electron chi connectivity index (χ1n) is 5.74. The highest BCUT2D eigenvalue weighted by Gasteiger charge is 2.24. The van der Waals surface area contributed by atoms with Gasteiger partial charge >= 0.3 is 0 Å². The predicted molar refractivity (Wildman–Crippen MR) is 64.5 cm³/mol. The molecule has 3 rings (SSSR count). The zero-order chi connectivity index (χ0) is 11.7. The van der Waals surface area contributed by atoms with Crippen LogP contribution in [0.3, 0.4) is 0 Å². The largest absolute Gasteiger partial charge is 0.349 e. The topological polar surface area (TPSA) is 57.8 Å². The molecular formula is C13H13N3O. The van der Waals surface area contributed by atoms with Gasteiger partial charge < -0.3 is 5.32 Å². The van der Waals surface area contributed by atoms with Crippen molar-refractivity contribution < 1.29 is 4.79 Å². The smallest absolute Gasteiger partial charge is 0.252 e. The number of nitrogens with one attached hydrogen (secondary N) is 2. The molecule has 1 amide bonds. The summed E-state index contributed by atoms with van der Waals surface area (Å²) in [6, 6.07) is 9.80. The van der Waals surface area contributed by atoms with Crippen LogP contribution in [0.25, 0.3) is 11.3 Å². The van der Waals surface area contributed by atoms with E-state index in [1.807, 2.05) is 30.3 Å². The molecule has 17 heavy (non-hydrogen) atoms. The molecule has 2 N–H and O–H groups in total. The molecule has 0 radical (unpaired) electrons. The van der Waals surface area contributed by atoms with Crippen molar-refractivity contribution in [3.63, 3.8) is 0 Å². The minimum Gasteiger partial charge on any atom is -0.349 e. The maximum atomic E-state index is 12.1. The number of H-pyrrole nitrogens is 1. The third-order valence-electron chi connectivity index (χ3n) is 2.88. The second-order valence-corrected chi connectivity index (χ2v) is 4.26. The van der Waals surface area contributed by atoms with Gasteiger partial charge in [0, 0.05) is 23.4 Å². The van der Waals surface area contributed by atoms with Gasteiger partial charge in [-0.2, -0.15) is 5.10 Å². The summed E-state index contributed by atoms with van der Waals surface area (Å²) in [5.74, 6) is -0.00213. The molecule has 0 bridgehead atoms. The molecular weight excluding hydrogens is 214 g/mol. The fourth-order valence-electron chi connectivity index (χ4n) is 1.81. The fraction of sp³-hybridized carbons (Fsp3) is 0.231. The van der Waals surface area contributed by atoms with Crippen molar-refractivity contribution in [2.75, 3.05) is 0 Å². The summed E-state index contributed by atoms with van der Waals surface area (Å²) >= 11 is 0. The molecule has 1 aromatic carbocycles. The SMILES string of the molecule is O=C(NC1CC1)c1ccccc1-c1ccn[nH]1. The first-order valence-corrected chi connectivity index (χ1v) is 5.74. The fourth-order valence-corrected chi connectivity index (χ4v) is 1.81. The van der Waals surface area contributed by atoms with Crippen molar-refractivity contribution in [3.8, 4) is 11.3 Å². The van der Waals surface area contributed by atoms with E-state index in [1.165, 1.54) is 0 Å². The Labute approximate surface area is 99.1 Å². The first kappa shape index (κ1) is 10.1. The summed E-state index contributed by atoms with van der Waals surface area (Å²) in [4.78, 5) is 12.1. The van der Waals surface area contributed by atoms with E-state index >= 15 is 0 Å². The van der Waals surface area contributed by atoms with Crippen LogP contribution < -0.4 is 5.32 Å². The summed E-state index contributed by atoms with van der Waals surface area (Å²) in [6.07, 6.45) is 3.88. The molecule has 4 heteroatoms. The van der Waals surface area contributed by atoms with Gasteiger partial charge in [-0.15, -0.1) is 0 Å². The van der Waals surface area contributed by atoms with Crippen LogP contribution in [0.15, 0.2) is 36.5 Å². The highest BCUT2D eigenvalue weighted by atomic mass is 16.1. The summed E-state index contributed by atoms with van der Waals surface area (Å²) in [5.41, 5.74) is 2.46. The van der Waals surface area contributed by atoms with Crippen molar-refractivity contribution in [1.82, 2.24) is 15.5 Å². The molecule has 0 atom stereocenters. The van der Waals surface area contributed by atoms with E-state index in [-0.39, 0.29) is 5.91 Å². The van der Waals surface area contributed by atoms with Gasteiger partial charge in [0.2, 0.25) is 0 Å². The Morgan fingerprint density at radius 3 is 2.82 bits per heavy atom. The Hall–Kier alpha value is -2.10. The summed E-state index contributed by atoms with van der Waals surface area (Å²) < 4.78 is 0. The van der Waals surface area contributed by atoms with Crippen LogP contribution in [-0.4, -0.2) is 22.1 Å². The quantitative estimate of drug-likeness (QED) is 0.842. The number of aromatic nitrogens is 2. The van der Waals surface area contributed by atoms with Gasteiger partial charge in [0.25, 0.3) is 5.91 Å². The molecule has 1 heterocycles. The molecule has 86 valence electrons. The average molecular weight is 227 g/mol. The Bertz CT molecular complexity index is 529. The van der Waals surface area contributed by atoms with Gasteiger partial charge in [0.1, 0.15) is 0 Å². The summed E-state index contributed by atoms with van der Waals surface area (Å²) in [7, 11) is 0. The Morgan fingerprint density at radius 1 is 1.29 bits per heavy atom. The van der Waals surface area contributed by atoms with Crippen LogP contribution in [0.5, 0.6) is 0 Å². The molecule has 4 nitrogen and oxygen atoms in total. The second-order valence-electron chi connectivity index (χ2n) is 4.26. The highest BCUT2D eigenvalue weighted by Crippen LogP contribution is 2.23. The molecule has 0 aliphatic heterocycles. The summed E-state index contributed by atoms with van der Waals surface area (Å²) in [6.45, 7) is 0. The maximum Gasteiger partial charge on any atom is 0.252 e. The van der Waals surface area contributed by atoms with E-state index in [2.05, 4.69) is 15.5 Å². The molecule has 0 saturated heterocycles. The number of benzene rings is 1. The first-order chi connectivity index (χ1) is 8.34. The normalized spacial score (nSPS) is 14.6. The number of nitrogens with zero attached hydrogens (tertiary/aromatic N) is 1. The third-order valence-corrected chi connectivity index (χ3v) is 2.88. The van der Waals surface area contributed by atoms with Crippen LogP contribution in [0.4, 0.5) is 0 Å². The van der Waals surface area contributed by atoms with Crippen molar-refractivity contribution in [1.29, 1.82) is 0 Å². The van der Waals surface area contributed by atoms with Crippen molar-refractivity contribution in [2.24, 2.45) is 0 Å². The van der Waals surface area contributed by atoms with Crippen molar-refractivity contribution in [2.45, 2.75) is 18.9 Å². The van der Waals surface area contributed by atoms with Crippen LogP contribution >= 0.6 is 0 Å². The zero-order valence-corrected chi connectivity index (χ0v) is 9.31. The monoisotopic (exact) mass is 227 g/mol. The third kappa shape index (κ3) is 2.06. The van der Waals surface area contributed by atoms with Crippen LogP contribution in [0.1, 0.15) is 23.2 Å². The molecule has 0 unspecified atom stereocenters. The molecule has 2 aromatic rings. The van der Waals surface area contributed by atoms with E-state index in [0.29, 0.717) is 11.6 Å². The standard InChI is InChI=1S/C13H13N3O/c17-13(15-9-5-6-9)11-4-2-1-3-10(11)12-7-8-14-16-12/h1-4,7-9H,5-6H2,(H,14,16)(H,15,17). The Kier molecular flexibility index (Phi) is 2.40. The van der Waals surface area contributed by atoms with Gasteiger partial charge in [-0.3, -0.25) is 9.89 Å². The number of carbonyl (C=O) groups excluding carboxylic acids is 1. The van der Waals surface area contributed by atoms with Gasteiger partial charge in [-0.25, -0.2) is 0 Å². The lowest BCUT2D eigenvalue weighted by atomic mass is 10.0. The number of rotatable bonds is 3. The van der Waals surface area contributed by atoms with Crippen molar-refractivity contribution in [3.05, 3.63) is 42.1 Å². The van der Waals surface area contributed by atoms with E-state index in [0.717, 1.165) is 24.1 Å². The Balaban J connectivity index is 1.95. The number of carbonyl (C=O) groups is 1. The lowest BCUT2D eigenvalue weighted by Gasteiger charge is -2.07. The number of hydrogen-bond acceptors (Lipinski definition) is 2. The lowest BCUT2D eigenvalue weighted by molar-refractivity contribution is 0.0951. The number of aromatic amines is 1. The van der Waals surface area contributed by atoms with Crippen LogP contribution in [-0.2, 0) is 0 Å². The average Bonchev–Trinajstić information content (AvgIpc) is 3.00. The van der Waals surface area contributed by atoms with Crippen LogP contribution in [0, 0.1) is 0 Å². The Morgan fingerprint density at radius 2 is 2.12 bits per heavy atom. The minimum absolute atomic E-state index is 0.00213. The molecule has 1 aliphatic rings. The van der Waals surface area contributed by atoms with Crippen molar-refractivity contribution >= 4 is 5.91 Å². The second kappa shape index (κ2) is 4.05. The molecule has 1 saturated carbocycles. The molecule has 1 aliphatic carbocycles. The van der Waals surface area contributed by atoms with E-state index in [4.69, 9.17) is 0 Å².